The Hall–Kier alpha value is -2.43. The highest BCUT2D eigenvalue weighted by Gasteiger charge is 2.28. The van der Waals surface area contributed by atoms with E-state index < -0.39 is 5.60 Å². The summed E-state index contributed by atoms with van der Waals surface area (Å²) in [5.41, 5.74) is 0.531. The molecule has 25 heavy (non-hydrogen) atoms. The SMILES string of the molecule is CC(C)(C)OC(=O)N1CCCC(Oc2ccc(-c3ccco3)cc2)C1. The molecule has 2 heterocycles. The Morgan fingerprint density at radius 2 is 1.96 bits per heavy atom. The molecule has 1 aliphatic heterocycles. The zero-order chi connectivity index (χ0) is 17.9. The van der Waals surface area contributed by atoms with Crippen LogP contribution >= 0.6 is 0 Å². The summed E-state index contributed by atoms with van der Waals surface area (Å²) < 4.78 is 16.9. The minimum Gasteiger partial charge on any atom is -0.489 e. The van der Waals surface area contributed by atoms with Crippen molar-refractivity contribution in [3.63, 3.8) is 0 Å². The van der Waals surface area contributed by atoms with Gasteiger partial charge in [-0.15, -0.1) is 0 Å². The van der Waals surface area contributed by atoms with Gasteiger partial charge in [0, 0.05) is 12.1 Å². The molecule has 2 aromatic rings. The number of ether oxygens (including phenoxy) is 2. The summed E-state index contributed by atoms with van der Waals surface area (Å²) in [5.74, 6) is 1.63. The summed E-state index contributed by atoms with van der Waals surface area (Å²) in [6.07, 6.45) is 3.21. The van der Waals surface area contributed by atoms with Crippen LogP contribution in [0.5, 0.6) is 5.75 Å². The number of carbonyl (C=O) groups excluding carboxylic acids is 1. The number of likely N-dealkylation sites (tertiary alicyclic amines) is 1. The molecule has 0 saturated carbocycles. The molecule has 1 atom stereocenters. The normalized spacial score (nSPS) is 18.0. The number of nitrogens with zero attached hydrogens (tertiary/aromatic N) is 1. The zero-order valence-corrected chi connectivity index (χ0v) is 15.0. The van der Waals surface area contributed by atoms with Crippen molar-refractivity contribution in [1.29, 1.82) is 0 Å². The van der Waals surface area contributed by atoms with Crippen LogP contribution in [0.15, 0.2) is 47.1 Å². The summed E-state index contributed by atoms with van der Waals surface area (Å²) in [6, 6.07) is 11.6. The second-order valence-electron chi connectivity index (χ2n) is 7.31. The highest BCUT2D eigenvalue weighted by atomic mass is 16.6. The molecule has 1 aliphatic rings. The number of furan rings is 1. The fraction of sp³-hybridized carbons (Fsp3) is 0.450. The molecule has 5 heteroatoms. The first-order valence-corrected chi connectivity index (χ1v) is 8.69. The minimum absolute atomic E-state index is 0.0178. The van der Waals surface area contributed by atoms with Crippen LogP contribution in [0.2, 0.25) is 0 Å². The Labute approximate surface area is 148 Å². The molecule has 1 unspecified atom stereocenters. The lowest BCUT2D eigenvalue weighted by atomic mass is 10.1. The van der Waals surface area contributed by atoms with Crippen LogP contribution in [0.3, 0.4) is 0 Å². The number of rotatable bonds is 3. The number of hydrogen-bond acceptors (Lipinski definition) is 4. The molecule has 1 amide bonds. The Morgan fingerprint density at radius 1 is 1.20 bits per heavy atom. The van der Waals surface area contributed by atoms with E-state index in [1.54, 1.807) is 11.2 Å². The predicted octanol–water partition coefficient (Wildman–Crippen LogP) is 4.72. The maximum atomic E-state index is 12.2. The largest absolute Gasteiger partial charge is 0.489 e. The Balaban J connectivity index is 1.58. The third-order valence-corrected chi connectivity index (χ3v) is 3.99. The van der Waals surface area contributed by atoms with E-state index in [4.69, 9.17) is 13.9 Å². The molecule has 0 N–H and O–H groups in total. The maximum absolute atomic E-state index is 12.2. The zero-order valence-electron chi connectivity index (χ0n) is 15.0. The van der Waals surface area contributed by atoms with Crippen LogP contribution in [-0.2, 0) is 4.74 Å². The summed E-state index contributed by atoms with van der Waals surface area (Å²) >= 11 is 0. The quantitative estimate of drug-likeness (QED) is 0.809. The standard InChI is InChI=1S/C20H25NO4/c1-20(2,3)25-19(22)21-12-4-6-17(14-21)24-16-10-8-15(9-11-16)18-7-5-13-23-18/h5,7-11,13,17H,4,6,12,14H2,1-3H3. The van der Waals surface area contributed by atoms with Crippen molar-refractivity contribution in [2.24, 2.45) is 0 Å². The van der Waals surface area contributed by atoms with Crippen molar-refractivity contribution in [3.8, 4) is 17.1 Å². The van der Waals surface area contributed by atoms with Crippen molar-refractivity contribution in [1.82, 2.24) is 4.90 Å². The van der Waals surface area contributed by atoms with Gasteiger partial charge in [-0.25, -0.2) is 4.79 Å². The van der Waals surface area contributed by atoms with Crippen molar-refractivity contribution < 1.29 is 18.7 Å². The summed E-state index contributed by atoms with van der Waals surface area (Å²) in [6.45, 7) is 6.90. The van der Waals surface area contributed by atoms with Crippen LogP contribution in [0.25, 0.3) is 11.3 Å². The van der Waals surface area contributed by atoms with E-state index in [1.807, 2.05) is 57.2 Å². The van der Waals surface area contributed by atoms with Crippen LogP contribution in [-0.4, -0.2) is 35.8 Å². The van der Waals surface area contributed by atoms with E-state index in [2.05, 4.69) is 0 Å². The average molecular weight is 343 g/mol. The van der Waals surface area contributed by atoms with Crippen LogP contribution in [0, 0.1) is 0 Å². The number of benzene rings is 1. The average Bonchev–Trinajstić information content (AvgIpc) is 3.09. The van der Waals surface area contributed by atoms with Gasteiger partial charge in [0.1, 0.15) is 23.2 Å². The van der Waals surface area contributed by atoms with E-state index in [0.29, 0.717) is 13.1 Å². The molecule has 0 radical (unpaired) electrons. The van der Waals surface area contributed by atoms with Gasteiger partial charge in [-0.1, -0.05) is 0 Å². The Bertz CT molecular complexity index is 685. The van der Waals surface area contributed by atoms with Gasteiger partial charge in [-0.3, -0.25) is 0 Å². The van der Waals surface area contributed by atoms with Gasteiger partial charge in [-0.2, -0.15) is 0 Å². The molecule has 1 aromatic carbocycles. The topological polar surface area (TPSA) is 51.9 Å². The second kappa shape index (κ2) is 7.21. The molecular weight excluding hydrogens is 318 g/mol. The van der Waals surface area contributed by atoms with Gasteiger partial charge in [-0.05, 0) is 70.0 Å². The summed E-state index contributed by atoms with van der Waals surface area (Å²) in [5, 5.41) is 0. The van der Waals surface area contributed by atoms with E-state index in [0.717, 1.165) is 29.9 Å². The second-order valence-corrected chi connectivity index (χ2v) is 7.31. The molecule has 5 nitrogen and oxygen atoms in total. The molecular formula is C20H25NO4. The smallest absolute Gasteiger partial charge is 0.410 e. The van der Waals surface area contributed by atoms with Crippen molar-refractivity contribution in [3.05, 3.63) is 42.7 Å². The molecule has 3 rings (SSSR count). The van der Waals surface area contributed by atoms with Crippen LogP contribution in [0.1, 0.15) is 33.6 Å². The number of carbonyl (C=O) groups is 1. The monoisotopic (exact) mass is 343 g/mol. The molecule has 1 aromatic heterocycles. The number of amides is 1. The lowest BCUT2D eigenvalue weighted by molar-refractivity contribution is 0.00776. The van der Waals surface area contributed by atoms with E-state index in [-0.39, 0.29) is 12.2 Å². The molecule has 1 saturated heterocycles. The van der Waals surface area contributed by atoms with Crippen molar-refractivity contribution >= 4 is 6.09 Å². The lowest BCUT2D eigenvalue weighted by Crippen LogP contribution is -2.46. The molecule has 134 valence electrons. The highest BCUT2D eigenvalue weighted by molar-refractivity contribution is 5.68. The van der Waals surface area contributed by atoms with Crippen LogP contribution < -0.4 is 4.74 Å². The minimum atomic E-state index is -0.480. The van der Waals surface area contributed by atoms with Crippen LogP contribution in [0.4, 0.5) is 4.79 Å². The van der Waals surface area contributed by atoms with Gasteiger partial charge in [0.25, 0.3) is 0 Å². The predicted molar refractivity (Wildman–Crippen MR) is 95.6 cm³/mol. The van der Waals surface area contributed by atoms with Gasteiger partial charge in [0.2, 0.25) is 0 Å². The molecule has 0 aliphatic carbocycles. The first-order chi connectivity index (χ1) is 11.9. The fourth-order valence-electron chi connectivity index (χ4n) is 2.86. The molecule has 0 bridgehead atoms. The molecule has 0 spiro atoms. The van der Waals surface area contributed by atoms with E-state index in [9.17, 15) is 4.79 Å². The third kappa shape index (κ3) is 4.78. The number of hydrogen-bond donors (Lipinski definition) is 0. The van der Waals surface area contributed by atoms with Crippen molar-refractivity contribution in [2.75, 3.05) is 13.1 Å². The summed E-state index contributed by atoms with van der Waals surface area (Å²) in [4.78, 5) is 14.0. The van der Waals surface area contributed by atoms with Gasteiger partial charge < -0.3 is 18.8 Å². The van der Waals surface area contributed by atoms with Gasteiger partial charge >= 0.3 is 6.09 Å². The van der Waals surface area contributed by atoms with E-state index >= 15 is 0 Å². The first-order valence-electron chi connectivity index (χ1n) is 8.69. The lowest BCUT2D eigenvalue weighted by Gasteiger charge is -2.34. The fourth-order valence-corrected chi connectivity index (χ4v) is 2.86. The Morgan fingerprint density at radius 3 is 2.60 bits per heavy atom. The van der Waals surface area contributed by atoms with Gasteiger partial charge in [0.05, 0.1) is 12.8 Å². The first kappa shape index (κ1) is 17.4. The van der Waals surface area contributed by atoms with E-state index in [1.165, 1.54) is 0 Å². The number of piperidine rings is 1. The Kier molecular flexibility index (Phi) is 5.02. The highest BCUT2D eigenvalue weighted by Crippen LogP contribution is 2.25. The maximum Gasteiger partial charge on any atom is 0.410 e. The van der Waals surface area contributed by atoms with Crippen molar-refractivity contribution in [2.45, 2.75) is 45.3 Å². The third-order valence-electron chi connectivity index (χ3n) is 3.99. The molecule has 1 fully saturated rings. The van der Waals surface area contributed by atoms with Gasteiger partial charge in [0.15, 0.2) is 0 Å². The summed E-state index contributed by atoms with van der Waals surface area (Å²) in [7, 11) is 0.